The minimum absolute atomic E-state index is 0.265. The van der Waals surface area contributed by atoms with Crippen LogP contribution in [0.1, 0.15) is 25.3 Å². The van der Waals surface area contributed by atoms with Gasteiger partial charge in [-0.2, -0.15) is 0 Å². The van der Waals surface area contributed by atoms with Gasteiger partial charge in [-0.1, -0.05) is 31.0 Å². The lowest BCUT2D eigenvalue weighted by Crippen LogP contribution is -2.38. The molecule has 112 valence electrons. The van der Waals surface area contributed by atoms with E-state index in [2.05, 4.69) is 10.6 Å². The van der Waals surface area contributed by atoms with Crippen LogP contribution < -0.4 is 10.6 Å². The van der Waals surface area contributed by atoms with E-state index in [9.17, 15) is 14.4 Å². The molecule has 0 bridgehead atoms. The van der Waals surface area contributed by atoms with Crippen LogP contribution in [-0.2, 0) is 9.59 Å². The van der Waals surface area contributed by atoms with Crippen LogP contribution in [0.2, 0.25) is 0 Å². The predicted octanol–water partition coefficient (Wildman–Crippen LogP) is 1.65. The number of imide groups is 1. The Kier molecular flexibility index (Phi) is 4.57. The molecule has 0 saturated carbocycles. The fraction of sp³-hybridized carbons (Fsp3) is 0.400. The molecular weight excluding hydrogens is 270 g/mol. The zero-order valence-corrected chi connectivity index (χ0v) is 12.2. The molecule has 1 saturated heterocycles. The van der Waals surface area contributed by atoms with Crippen molar-refractivity contribution in [3.63, 3.8) is 0 Å². The molecule has 0 radical (unpaired) electrons. The van der Waals surface area contributed by atoms with E-state index in [-0.39, 0.29) is 18.4 Å². The van der Waals surface area contributed by atoms with Crippen LogP contribution in [-0.4, -0.2) is 35.3 Å². The molecular formula is C15H19N3O3. The molecule has 0 unspecified atom stereocenters. The maximum Gasteiger partial charge on any atom is 0.325 e. The lowest BCUT2D eigenvalue weighted by atomic mass is 10.2. The number of urea groups is 1. The summed E-state index contributed by atoms with van der Waals surface area (Å²) < 4.78 is 0. The van der Waals surface area contributed by atoms with Gasteiger partial charge in [-0.05, 0) is 25.5 Å². The molecule has 6 heteroatoms. The van der Waals surface area contributed by atoms with Crippen LogP contribution in [0.4, 0.5) is 10.5 Å². The highest BCUT2D eigenvalue weighted by Gasteiger charge is 2.38. The lowest BCUT2D eigenvalue weighted by Gasteiger charge is -2.13. The van der Waals surface area contributed by atoms with Gasteiger partial charge in [-0.15, -0.1) is 0 Å². The molecule has 1 atom stereocenters. The van der Waals surface area contributed by atoms with Gasteiger partial charge in [0.05, 0.1) is 0 Å². The summed E-state index contributed by atoms with van der Waals surface area (Å²) >= 11 is 0. The van der Waals surface area contributed by atoms with Gasteiger partial charge in [0, 0.05) is 5.69 Å². The molecule has 1 heterocycles. The largest absolute Gasteiger partial charge is 0.326 e. The summed E-state index contributed by atoms with van der Waals surface area (Å²) in [5.41, 5.74) is 1.73. The van der Waals surface area contributed by atoms with Crippen molar-refractivity contribution < 1.29 is 14.4 Å². The highest BCUT2D eigenvalue weighted by molar-refractivity contribution is 6.07. The van der Waals surface area contributed by atoms with E-state index in [1.807, 2.05) is 26.0 Å². The molecule has 4 amide bonds. The topological polar surface area (TPSA) is 78.5 Å². The third-order valence-corrected chi connectivity index (χ3v) is 3.32. The van der Waals surface area contributed by atoms with Gasteiger partial charge in [-0.25, -0.2) is 4.79 Å². The van der Waals surface area contributed by atoms with Crippen LogP contribution >= 0.6 is 0 Å². The van der Waals surface area contributed by atoms with Gasteiger partial charge >= 0.3 is 6.03 Å². The predicted molar refractivity (Wildman–Crippen MR) is 78.7 cm³/mol. The second kappa shape index (κ2) is 6.39. The van der Waals surface area contributed by atoms with E-state index in [0.717, 1.165) is 16.9 Å². The van der Waals surface area contributed by atoms with E-state index in [1.54, 1.807) is 12.1 Å². The molecule has 1 aromatic carbocycles. The van der Waals surface area contributed by atoms with Crippen molar-refractivity contribution in [3.05, 3.63) is 29.8 Å². The Hall–Kier alpha value is -2.37. The molecule has 1 aromatic rings. The summed E-state index contributed by atoms with van der Waals surface area (Å²) in [5, 5.41) is 5.26. The second-order valence-corrected chi connectivity index (χ2v) is 5.13. The first-order chi connectivity index (χ1) is 10.0. The Labute approximate surface area is 123 Å². The average Bonchev–Trinajstić information content (AvgIpc) is 2.70. The molecule has 0 spiro atoms. The number of nitrogens with one attached hydrogen (secondary N) is 2. The van der Waals surface area contributed by atoms with E-state index in [4.69, 9.17) is 0 Å². The number of carbonyl (C=O) groups excluding carboxylic acids is 3. The van der Waals surface area contributed by atoms with Crippen molar-refractivity contribution in [1.82, 2.24) is 10.2 Å². The van der Waals surface area contributed by atoms with Crippen molar-refractivity contribution in [2.24, 2.45) is 0 Å². The summed E-state index contributed by atoms with van der Waals surface area (Å²) in [6.07, 6.45) is 1.38. The average molecular weight is 289 g/mol. The Morgan fingerprint density at radius 1 is 1.29 bits per heavy atom. The zero-order chi connectivity index (χ0) is 15.4. The van der Waals surface area contributed by atoms with E-state index < -0.39 is 12.1 Å². The van der Waals surface area contributed by atoms with Crippen LogP contribution in [0.25, 0.3) is 0 Å². The van der Waals surface area contributed by atoms with E-state index >= 15 is 0 Å². The number of hydrogen-bond donors (Lipinski definition) is 2. The highest BCUT2D eigenvalue weighted by atomic mass is 16.2. The second-order valence-electron chi connectivity index (χ2n) is 5.13. The van der Waals surface area contributed by atoms with Gasteiger partial charge in [0.25, 0.3) is 5.91 Å². The Balaban J connectivity index is 1.94. The SMILES string of the molecule is CCC[C@H]1NC(=O)N(CC(=O)Nc2ccc(C)cc2)C1=O. The summed E-state index contributed by atoms with van der Waals surface area (Å²) in [5.74, 6) is -0.722. The van der Waals surface area contributed by atoms with Crippen LogP contribution in [0, 0.1) is 6.92 Å². The van der Waals surface area contributed by atoms with Crippen molar-refractivity contribution in [1.29, 1.82) is 0 Å². The normalized spacial score (nSPS) is 17.8. The molecule has 0 aliphatic carbocycles. The number of anilines is 1. The number of hydrogen-bond acceptors (Lipinski definition) is 3. The quantitative estimate of drug-likeness (QED) is 0.809. The number of carbonyl (C=O) groups is 3. The maximum absolute atomic E-state index is 12.0. The molecule has 0 aromatic heterocycles. The van der Waals surface area contributed by atoms with Crippen LogP contribution in [0.3, 0.4) is 0 Å². The minimum Gasteiger partial charge on any atom is -0.326 e. The Morgan fingerprint density at radius 3 is 2.57 bits per heavy atom. The first kappa shape index (κ1) is 15.0. The molecule has 2 N–H and O–H groups in total. The summed E-state index contributed by atoms with van der Waals surface area (Å²) in [7, 11) is 0. The molecule has 21 heavy (non-hydrogen) atoms. The van der Waals surface area contributed by atoms with Gasteiger partial charge in [0.2, 0.25) is 5.91 Å². The minimum atomic E-state index is -0.505. The first-order valence-electron chi connectivity index (χ1n) is 6.99. The Morgan fingerprint density at radius 2 is 1.95 bits per heavy atom. The number of rotatable bonds is 5. The standard InChI is InChI=1S/C15H19N3O3/c1-3-4-12-14(20)18(15(21)17-12)9-13(19)16-11-7-5-10(2)6-8-11/h5-8,12H,3-4,9H2,1-2H3,(H,16,19)(H,17,21)/t12-/m1/s1. The van der Waals surface area contributed by atoms with E-state index in [0.29, 0.717) is 12.1 Å². The van der Waals surface area contributed by atoms with Gasteiger partial charge in [-0.3, -0.25) is 14.5 Å². The van der Waals surface area contributed by atoms with Crippen molar-refractivity contribution in [3.8, 4) is 0 Å². The molecule has 2 rings (SSSR count). The van der Waals surface area contributed by atoms with Crippen molar-refractivity contribution >= 4 is 23.5 Å². The van der Waals surface area contributed by atoms with E-state index in [1.165, 1.54) is 0 Å². The molecule has 1 aliphatic heterocycles. The number of amides is 4. The summed E-state index contributed by atoms with van der Waals surface area (Å²) in [6, 6.07) is 6.30. The number of nitrogens with zero attached hydrogens (tertiary/aromatic N) is 1. The highest BCUT2D eigenvalue weighted by Crippen LogP contribution is 2.12. The smallest absolute Gasteiger partial charge is 0.325 e. The molecule has 1 aliphatic rings. The van der Waals surface area contributed by atoms with Gasteiger partial charge < -0.3 is 10.6 Å². The monoisotopic (exact) mass is 289 g/mol. The van der Waals surface area contributed by atoms with Gasteiger partial charge in [0.1, 0.15) is 12.6 Å². The van der Waals surface area contributed by atoms with Gasteiger partial charge in [0.15, 0.2) is 0 Å². The Bertz CT molecular complexity index is 554. The lowest BCUT2D eigenvalue weighted by molar-refractivity contribution is -0.130. The van der Waals surface area contributed by atoms with Crippen LogP contribution in [0.15, 0.2) is 24.3 Å². The fourth-order valence-corrected chi connectivity index (χ4v) is 2.19. The number of aryl methyl sites for hydroxylation is 1. The van der Waals surface area contributed by atoms with Crippen molar-refractivity contribution in [2.75, 3.05) is 11.9 Å². The van der Waals surface area contributed by atoms with Crippen molar-refractivity contribution in [2.45, 2.75) is 32.7 Å². The fourth-order valence-electron chi connectivity index (χ4n) is 2.19. The summed E-state index contributed by atoms with van der Waals surface area (Å²) in [6.45, 7) is 3.62. The molecule has 1 fully saturated rings. The maximum atomic E-state index is 12.0. The zero-order valence-electron chi connectivity index (χ0n) is 12.2. The molecule has 6 nitrogen and oxygen atoms in total. The van der Waals surface area contributed by atoms with Crippen LogP contribution in [0.5, 0.6) is 0 Å². The third-order valence-electron chi connectivity index (χ3n) is 3.32. The third kappa shape index (κ3) is 3.59. The summed E-state index contributed by atoms with van der Waals surface area (Å²) in [4.78, 5) is 36.6. The first-order valence-corrected chi connectivity index (χ1v) is 6.99. The number of benzene rings is 1.